The third kappa shape index (κ3) is 4.96. The van der Waals surface area contributed by atoms with Crippen molar-refractivity contribution in [2.45, 2.75) is 49.6 Å². The van der Waals surface area contributed by atoms with Gasteiger partial charge in [-0.2, -0.15) is 4.57 Å². The molecule has 0 saturated carbocycles. The van der Waals surface area contributed by atoms with Crippen LogP contribution in [0.1, 0.15) is 30.7 Å². The average molecular weight is 386 g/mol. The SMILES string of the molecule is CN(CCCC(O)c1ccc[n+](C2OC(C(=O)O)C(O)C(O)C2O)c1)N=O. The second-order valence-electron chi connectivity index (χ2n) is 6.46. The van der Waals surface area contributed by atoms with Gasteiger partial charge in [0.05, 0.1) is 11.4 Å². The molecule has 0 aliphatic carbocycles. The second-order valence-corrected chi connectivity index (χ2v) is 6.46. The molecule has 27 heavy (non-hydrogen) atoms. The molecule has 1 aliphatic rings. The summed E-state index contributed by atoms with van der Waals surface area (Å²) in [6.45, 7) is 0.377. The van der Waals surface area contributed by atoms with Crippen LogP contribution in [0.15, 0.2) is 29.8 Å². The number of ether oxygens (including phenoxy) is 1. The summed E-state index contributed by atoms with van der Waals surface area (Å²) in [6, 6.07) is 3.21. The smallest absolute Gasteiger partial charge is 0.335 e. The van der Waals surface area contributed by atoms with Gasteiger partial charge in [-0.25, -0.2) is 4.79 Å². The van der Waals surface area contributed by atoms with Gasteiger partial charge in [0.2, 0.25) is 0 Å². The molecule has 11 heteroatoms. The lowest BCUT2D eigenvalue weighted by molar-refractivity contribution is -0.777. The molecule has 0 amide bonds. The van der Waals surface area contributed by atoms with Gasteiger partial charge in [0, 0.05) is 25.2 Å². The van der Waals surface area contributed by atoms with Gasteiger partial charge in [-0.15, -0.1) is 4.91 Å². The number of nitroso groups, excluding NO2 is 1. The van der Waals surface area contributed by atoms with Crippen molar-refractivity contribution in [2.75, 3.05) is 13.6 Å². The highest BCUT2D eigenvalue weighted by Crippen LogP contribution is 2.26. The molecule has 1 aromatic rings. The van der Waals surface area contributed by atoms with E-state index in [4.69, 9.17) is 9.84 Å². The van der Waals surface area contributed by atoms with E-state index in [1.54, 1.807) is 12.1 Å². The molecular weight excluding hydrogens is 362 g/mol. The number of carboxylic acids is 1. The van der Waals surface area contributed by atoms with E-state index in [1.807, 2.05) is 0 Å². The van der Waals surface area contributed by atoms with Gasteiger partial charge < -0.3 is 30.3 Å². The highest BCUT2D eigenvalue weighted by Gasteiger charge is 2.51. The average Bonchev–Trinajstić information content (AvgIpc) is 2.65. The first-order valence-electron chi connectivity index (χ1n) is 8.42. The van der Waals surface area contributed by atoms with Crippen LogP contribution in [0, 0.1) is 4.91 Å². The van der Waals surface area contributed by atoms with E-state index in [1.165, 1.54) is 29.0 Å². The van der Waals surface area contributed by atoms with Gasteiger partial charge in [0.1, 0.15) is 12.2 Å². The number of aliphatic hydroxyl groups is 4. The van der Waals surface area contributed by atoms with Crippen molar-refractivity contribution in [3.05, 3.63) is 35.0 Å². The standard InChI is InChI=1S/C16H23N3O8/c1-18(17-26)6-3-5-10(20)9-4-2-7-19(8-9)15-13(23)11(21)12(22)14(27-15)16(24)25/h2,4,7-8,10-15,20-23H,3,5-6H2,1H3/p+1. The number of aliphatic hydroxyl groups excluding tert-OH is 4. The third-order valence-electron chi connectivity index (χ3n) is 4.45. The van der Waals surface area contributed by atoms with Gasteiger partial charge in [0.25, 0.3) is 6.23 Å². The number of hydrogen-bond donors (Lipinski definition) is 5. The first-order chi connectivity index (χ1) is 12.8. The monoisotopic (exact) mass is 386 g/mol. The zero-order valence-corrected chi connectivity index (χ0v) is 14.7. The number of aliphatic carboxylic acids is 1. The summed E-state index contributed by atoms with van der Waals surface area (Å²) in [6.07, 6.45) is -5.10. The Kier molecular flexibility index (Phi) is 7.16. The van der Waals surface area contributed by atoms with Gasteiger partial charge in [-0.1, -0.05) is 0 Å². The van der Waals surface area contributed by atoms with Crippen LogP contribution in [-0.4, -0.2) is 74.5 Å². The Morgan fingerprint density at radius 2 is 2.04 bits per heavy atom. The molecule has 2 rings (SSSR count). The molecule has 150 valence electrons. The summed E-state index contributed by atoms with van der Waals surface area (Å²) in [5.41, 5.74) is 0.475. The van der Waals surface area contributed by atoms with E-state index in [0.29, 0.717) is 24.9 Å². The van der Waals surface area contributed by atoms with Gasteiger partial charge >= 0.3 is 5.97 Å². The molecule has 0 radical (unpaired) electrons. The Bertz CT molecular complexity index is 660. The molecular formula is C16H24N3O8+. The summed E-state index contributed by atoms with van der Waals surface area (Å²) in [5.74, 6) is -1.47. The zero-order chi connectivity index (χ0) is 20.1. The molecule has 1 aliphatic heterocycles. The molecule has 5 N–H and O–H groups in total. The van der Waals surface area contributed by atoms with Crippen molar-refractivity contribution in [3.63, 3.8) is 0 Å². The number of nitrogens with zero attached hydrogens (tertiary/aromatic N) is 3. The minimum Gasteiger partial charge on any atom is -0.479 e. The topological polar surface area (TPSA) is 164 Å². The fraction of sp³-hybridized carbons (Fsp3) is 0.625. The van der Waals surface area contributed by atoms with Crippen LogP contribution in [0.2, 0.25) is 0 Å². The van der Waals surface area contributed by atoms with Gasteiger partial charge in [-0.05, 0) is 18.9 Å². The first kappa shape index (κ1) is 21.1. The highest BCUT2D eigenvalue weighted by molar-refractivity contribution is 5.73. The number of carboxylic acid groups (broad SMARTS) is 1. The minimum absolute atomic E-state index is 0.344. The van der Waals surface area contributed by atoms with Gasteiger partial charge in [0.15, 0.2) is 24.6 Å². The Morgan fingerprint density at radius 1 is 1.33 bits per heavy atom. The molecule has 0 spiro atoms. The van der Waals surface area contributed by atoms with Crippen molar-refractivity contribution >= 4 is 5.97 Å². The van der Waals surface area contributed by atoms with Crippen molar-refractivity contribution in [2.24, 2.45) is 5.29 Å². The summed E-state index contributed by atoms with van der Waals surface area (Å²) < 4.78 is 6.59. The third-order valence-corrected chi connectivity index (χ3v) is 4.45. The number of hydrogen-bond acceptors (Lipinski definition) is 8. The molecule has 1 fully saturated rings. The summed E-state index contributed by atoms with van der Waals surface area (Å²) in [4.78, 5) is 21.5. The molecule has 11 nitrogen and oxygen atoms in total. The van der Waals surface area contributed by atoms with E-state index >= 15 is 0 Å². The fourth-order valence-electron chi connectivity index (χ4n) is 2.90. The Labute approximate surface area is 155 Å². The Morgan fingerprint density at radius 3 is 2.67 bits per heavy atom. The molecule has 0 bridgehead atoms. The first-order valence-corrected chi connectivity index (χ1v) is 8.42. The van der Waals surface area contributed by atoms with Crippen LogP contribution in [0.4, 0.5) is 0 Å². The second kappa shape index (κ2) is 9.15. The van der Waals surface area contributed by atoms with E-state index in [-0.39, 0.29) is 0 Å². The maximum atomic E-state index is 11.2. The molecule has 0 aromatic carbocycles. The van der Waals surface area contributed by atoms with Crippen molar-refractivity contribution in [1.82, 2.24) is 5.01 Å². The number of carbonyl (C=O) groups is 1. The Balaban J connectivity index is 2.13. The number of rotatable bonds is 8. The van der Waals surface area contributed by atoms with Crippen LogP contribution in [-0.2, 0) is 9.53 Å². The predicted octanol–water partition coefficient (Wildman–Crippen LogP) is -1.53. The molecule has 6 atom stereocenters. The normalized spacial score (nSPS) is 29.1. The highest BCUT2D eigenvalue weighted by atomic mass is 16.6. The lowest BCUT2D eigenvalue weighted by Crippen LogP contribution is -2.63. The maximum absolute atomic E-state index is 11.2. The quantitative estimate of drug-likeness (QED) is 0.202. The molecule has 2 heterocycles. The van der Waals surface area contributed by atoms with E-state index in [2.05, 4.69) is 5.29 Å². The van der Waals surface area contributed by atoms with Crippen molar-refractivity contribution in [3.8, 4) is 0 Å². The minimum atomic E-state index is -1.77. The van der Waals surface area contributed by atoms with Crippen molar-refractivity contribution in [1.29, 1.82) is 0 Å². The van der Waals surface area contributed by atoms with Crippen molar-refractivity contribution < 1.29 is 39.6 Å². The number of pyridine rings is 1. The zero-order valence-electron chi connectivity index (χ0n) is 14.7. The predicted molar refractivity (Wildman–Crippen MR) is 88.8 cm³/mol. The molecule has 1 aromatic heterocycles. The van der Waals surface area contributed by atoms with Crippen LogP contribution in [0.3, 0.4) is 0 Å². The lowest BCUT2D eigenvalue weighted by Gasteiger charge is -2.35. The van der Waals surface area contributed by atoms with Crippen LogP contribution < -0.4 is 4.57 Å². The van der Waals surface area contributed by atoms with Crippen LogP contribution in [0.25, 0.3) is 0 Å². The summed E-state index contributed by atoms with van der Waals surface area (Å²) >= 11 is 0. The molecule has 1 saturated heterocycles. The van der Waals surface area contributed by atoms with E-state index < -0.39 is 42.7 Å². The van der Waals surface area contributed by atoms with Gasteiger partial charge in [-0.3, -0.25) is 5.01 Å². The fourth-order valence-corrected chi connectivity index (χ4v) is 2.90. The van der Waals surface area contributed by atoms with Crippen LogP contribution in [0.5, 0.6) is 0 Å². The van der Waals surface area contributed by atoms with E-state index in [0.717, 1.165) is 0 Å². The largest absolute Gasteiger partial charge is 0.479 e. The number of aromatic nitrogens is 1. The Hall–Kier alpha value is -2.18. The van der Waals surface area contributed by atoms with Crippen LogP contribution >= 0.6 is 0 Å². The molecule has 6 unspecified atom stereocenters. The summed E-state index contributed by atoms with van der Waals surface area (Å²) in [7, 11) is 1.52. The lowest BCUT2D eigenvalue weighted by atomic mass is 9.97. The van der Waals surface area contributed by atoms with E-state index in [9.17, 15) is 30.1 Å². The maximum Gasteiger partial charge on any atom is 0.335 e. The summed E-state index contributed by atoms with van der Waals surface area (Å²) in [5, 5.41) is 53.2.